The molecular weight excluding hydrogens is 354 g/mol. The van der Waals surface area contributed by atoms with Crippen molar-refractivity contribution < 1.29 is 13.2 Å². The van der Waals surface area contributed by atoms with E-state index in [-0.39, 0.29) is 17.0 Å². The Hall–Kier alpha value is -0.590. The Kier molecular flexibility index (Phi) is 5.33. The first-order valence-electron chi connectivity index (χ1n) is 7.13. The maximum Gasteiger partial charge on any atom is 0.155 e. The van der Waals surface area contributed by atoms with Gasteiger partial charge >= 0.3 is 0 Å². The first-order valence-corrected chi connectivity index (χ1v) is 9.64. The smallest absolute Gasteiger partial charge is 0.155 e. The monoisotopic (exact) mass is 375 g/mol. The van der Waals surface area contributed by atoms with Gasteiger partial charge in [-0.05, 0) is 44.5 Å². The molecule has 0 amide bonds. The maximum atomic E-state index is 12.4. The van der Waals surface area contributed by atoms with E-state index in [0.29, 0.717) is 6.42 Å². The number of rotatable bonds is 4. The highest BCUT2D eigenvalue weighted by molar-refractivity contribution is 9.10. The SMILES string of the molecule is CNC(c1cc(Br)c(C)cc1OC)C1CCCCS1(=O)=O. The van der Waals surface area contributed by atoms with E-state index in [2.05, 4.69) is 21.2 Å². The molecule has 2 unspecified atom stereocenters. The minimum Gasteiger partial charge on any atom is -0.496 e. The van der Waals surface area contributed by atoms with Gasteiger partial charge in [-0.3, -0.25) is 0 Å². The van der Waals surface area contributed by atoms with Gasteiger partial charge in [0.25, 0.3) is 0 Å². The summed E-state index contributed by atoms with van der Waals surface area (Å²) in [5.74, 6) is 1.02. The van der Waals surface area contributed by atoms with Crippen molar-refractivity contribution in [3.05, 3.63) is 27.7 Å². The predicted octanol–water partition coefficient (Wildman–Crippen LogP) is 2.99. The highest BCUT2D eigenvalue weighted by Gasteiger charge is 2.37. The Balaban J connectivity index is 2.48. The number of sulfone groups is 1. The lowest BCUT2D eigenvalue weighted by molar-refractivity contribution is 0.393. The van der Waals surface area contributed by atoms with Gasteiger partial charge < -0.3 is 10.1 Å². The predicted molar refractivity (Wildman–Crippen MR) is 88.7 cm³/mol. The number of methoxy groups -OCH3 is 1. The van der Waals surface area contributed by atoms with Crippen molar-refractivity contribution in [3.63, 3.8) is 0 Å². The van der Waals surface area contributed by atoms with Crippen LogP contribution in [0.25, 0.3) is 0 Å². The van der Waals surface area contributed by atoms with Crippen LogP contribution in [0.2, 0.25) is 0 Å². The molecule has 1 fully saturated rings. The van der Waals surface area contributed by atoms with Crippen LogP contribution in [0.15, 0.2) is 16.6 Å². The number of halogens is 1. The molecule has 21 heavy (non-hydrogen) atoms. The third-order valence-corrected chi connectivity index (χ3v) is 7.30. The van der Waals surface area contributed by atoms with E-state index < -0.39 is 9.84 Å². The second kappa shape index (κ2) is 6.67. The van der Waals surface area contributed by atoms with Crippen molar-refractivity contribution in [1.29, 1.82) is 0 Å². The second-order valence-electron chi connectivity index (χ2n) is 5.51. The van der Waals surface area contributed by atoms with E-state index in [4.69, 9.17) is 4.74 Å². The molecule has 1 aromatic rings. The van der Waals surface area contributed by atoms with Gasteiger partial charge in [0.1, 0.15) is 5.75 Å². The zero-order valence-corrected chi connectivity index (χ0v) is 15.1. The van der Waals surface area contributed by atoms with Gasteiger partial charge in [0.05, 0.1) is 24.2 Å². The van der Waals surface area contributed by atoms with Crippen LogP contribution in [0.3, 0.4) is 0 Å². The quantitative estimate of drug-likeness (QED) is 0.878. The summed E-state index contributed by atoms with van der Waals surface area (Å²) in [6.45, 7) is 1.99. The molecule has 118 valence electrons. The molecule has 2 rings (SSSR count). The van der Waals surface area contributed by atoms with Crippen molar-refractivity contribution in [2.24, 2.45) is 0 Å². The van der Waals surface area contributed by atoms with E-state index in [1.54, 1.807) is 7.11 Å². The van der Waals surface area contributed by atoms with Gasteiger partial charge in [-0.15, -0.1) is 0 Å². The molecule has 0 spiro atoms. The summed E-state index contributed by atoms with van der Waals surface area (Å²) in [7, 11) is 0.363. The Labute approximate surface area is 135 Å². The third kappa shape index (κ3) is 3.43. The zero-order valence-electron chi connectivity index (χ0n) is 12.6. The molecule has 0 bridgehead atoms. The van der Waals surface area contributed by atoms with E-state index >= 15 is 0 Å². The Morgan fingerprint density at radius 3 is 2.67 bits per heavy atom. The second-order valence-corrected chi connectivity index (χ2v) is 8.70. The lowest BCUT2D eigenvalue weighted by atomic mass is 9.97. The van der Waals surface area contributed by atoms with Crippen molar-refractivity contribution in [2.45, 2.75) is 37.5 Å². The lowest BCUT2D eigenvalue weighted by Gasteiger charge is -2.31. The maximum absolute atomic E-state index is 12.4. The molecule has 0 aromatic heterocycles. The van der Waals surface area contributed by atoms with Gasteiger partial charge in [-0.2, -0.15) is 0 Å². The van der Waals surface area contributed by atoms with Gasteiger partial charge in [-0.1, -0.05) is 22.4 Å². The summed E-state index contributed by atoms with van der Waals surface area (Å²) in [5, 5.41) is 2.80. The highest BCUT2D eigenvalue weighted by Crippen LogP contribution is 2.37. The molecule has 6 heteroatoms. The molecular formula is C15H22BrNO3S. The molecule has 0 aliphatic carbocycles. The van der Waals surface area contributed by atoms with E-state index in [9.17, 15) is 8.42 Å². The number of aryl methyl sites for hydroxylation is 1. The van der Waals surface area contributed by atoms with E-state index in [0.717, 1.165) is 34.2 Å². The van der Waals surface area contributed by atoms with Crippen molar-refractivity contribution in [1.82, 2.24) is 5.32 Å². The van der Waals surface area contributed by atoms with Gasteiger partial charge in [0, 0.05) is 10.0 Å². The van der Waals surface area contributed by atoms with Crippen LogP contribution in [0.1, 0.15) is 36.4 Å². The summed E-state index contributed by atoms with van der Waals surface area (Å²) in [6.07, 6.45) is 2.42. The Morgan fingerprint density at radius 2 is 2.10 bits per heavy atom. The molecule has 1 aliphatic heterocycles. The topological polar surface area (TPSA) is 55.4 Å². The molecule has 1 aliphatic rings. The fourth-order valence-electron chi connectivity index (χ4n) is 2.99. The molecule has 2 atom stereocenters. The molecule has 0 saturated carbocycles. The third-order valence-electron chi connectivity index (χ3n) is 4.16. The van der Waals surface area contributed by atoms with Crippen LogP contribution < -0.4 is 10.1 Å². The number of hydrogen-bond donors (Lipinski definition) is 1. The van der Waals surface area contributed by atoms with Crippen molar-refractivity contribution >= 4 is 25.8 Å². The first kappa shape index (κ1) is 16.8. The number of hydrogen-bond acceptors (Lipinski definition) is 4. The minimum absolute atomic E-state index is 0.248. The molecule has 1 aromatic carbocycles. The van der Waals surface area contributed by atoms with Crippen LogP contribution in [-0.4, -0.2) is 33.6 Å². The summed E-state index contributed by atoms with van der Waals surface area (Å²) in [5.41, 5.74) is 1.96. The van der Waals surface area contributed by atoms with Gasteiger partial charge in [0.2, 0.25) is 0 Å². The lowest BCUT2D eigenvalue weighted by Crippen LogP contribution is -2.39. The van der Waals surface area contributed by atoms with Crippen molar-refractivity contribution in [2.75, 3.05) is 19.9 Å². The van der Waals surface area contributed by atoms with E-state index in [1.807, 2.05) is 26.1 Å². The minimum atomic E-state index is -3.06. The summed E-state index contributed by atoms with van der Waals surface area (Å²) in [6, 6.07) is 3.67. The zero-order chi connectivity index (χ0) is 15.6. The fourth-order valence-corrected chi connectivity index (χ4v) is 5.48. The summed E-state index contributed by atoms with van der Waals surface area (Å²) in [4.78, 5) is 0. The molecule has 4 nitrogen and oxygen atoms in total. The molecule has 1 N–H and O–H groups in total. The van der Waals surface area contributed by atoms with Gasteiger partial charge in [0.15, 0.2) is 9.84 Å². The first-order chi connectivity index (χ1) is 9.90. The molecule has 1 saturated heterocycles. The normalized spacial score (nSPS) is 22.8. The highest BCUT2D eigenvalue weighted by atomic mass is 79.9. The van der Waals surface area contributed by atoms with Crippen LogP contribution in [0.4, 0.5) is 0 Å². The largest absolute Gasteiger partial charge is 0.496 e. The number of nitrogens with one attached hydrogen (secondary N) is 1. The van der Waals surface area contributed by atoms with Crippen LogP contribution in [0.5, 0.6) is 5.75 Å². The fraction of sp³-hybridized carbons (Fsp3) is 0.600. The van der Waals surface area contributed by atoms with Crippen molar-refractivity contribution in [3.8, 4) is 5.75 Å². The van der Waals surface area contributed by atoms with Crippen LogP contribution >= 0.6 is 15.9 Å². The number of benzene rings is 1. The Morgan fingerprint density at radius 1 is 1.38 bits per heavy atom. The molecule has 0 radical (unpaired) electrons. The van der Waals surface area contributed by atoms with Crippen LogP contribution in [0, 0.1) is 6.92 Å². The van der Waals surface area contributed by atoms with E-state index in [1.165, 1.54) is 0 Å². The van der Waals surface area contributed by atoms with Gasteiger partial charge in [-0.25, -0.2) is 8.42 Å². The summed E-state index contributed by atoms with van der Waals surface area (Å²) < 4.78 is 31.3. The van der Waals surface area contributed by atoms with Crippen LogP contribution in [-0.2, 0) is 9.84 Å². The standard InChI is InChI=1S/C15H22BrNO3S/c1-10-8-13(20-3)11(9-12(10)16)15(17-2)14-6-4-5-7-21(14,18)19/h8-9,14-15,17H,4-7H2,1-3H3. The number of ether oxygens (including phenoxy) is 1. The average Bonchev–Trinajstić information content (AvgIpc) is 2.44. The molecule has 1 heterocycles. The summed E-state index contributed by atoms with van der Waals surface area (Å²) >= 11 is 3.53. The average molecular weight is 376 g/mol. The Bertz CT molecular complexity index is 616.